The Morgan fingerprint density at radius 2 is 1.79 bits per heavy atom. The number of amides is 1. The van der Waals surface area contributed by atoms with Crippen molar-refractivity contribution in [3.8, 4) is 5.75 Å². The van der Waals surface area contributed by atoms with Gasteiger partial charge in [0.15, 0.2) is 6.61 Å². The fraction of sp³-hybridized carbons (Fsp3) is 0.346. The van der Waals surface area contributed by atoms with Crippen LogP contribution < -0.4 is 15.7 Å². The molecule has 1 heterocycles. The van der Waals surface area contributed by atoms with Gasteiger partial charge in [0.25, 0.3) is 5.91 Å². The van der Waals surface area contributed by atoms with E-state index in [0.29, 0.717) is 35.3 Å². The minimum atomic E-state index is -1.08. The molecule has 2 aromatic carbocycles. The van der Waals surface area contributed by atoms with E-state index in [1.807, 2.05) is 50.2 Å². The monoisotopic (exact) mass is 451 g/mol. The minimum Gasteiger partial charge on any atom is -0.483 e. The summed E-state index contributed by atoms with van der Waals surface area (Å²) in [5.74, 6) is -1.43. The summed E-state index contributed by atoms with van der Waals surface area (Å²) in [5.41, 5.74) is 3.08. The van der Waals surface area contributed by atoms with E-state index >= 15 is 0 Å². The van der Waals surface area contributed by atoms with Crippen LogP contribution in [0.5, 0.6) is 5.75 Å². The van der Waals surface area contributed by atoms with Crippen molar-refractivity contribution in [2.45, 2.75) is 46.6 Å². The Hall–Kier alpha value is -3.61. The van der Waals surface area contributed by atoms with Crippen LogP contribution in [0.2, 0.25) is 0 Å². The third-order valence-electron chi connectivity index (χ3n) is 6.03. The number of carboxylic acids is 1. The molecule has 33 heavy (non-hydrogen) atoms. The number of aryl methyl sites for hydroxylation is 2. The predicted octanol–water partition coefficient (Wildman–Crippen LogP) is 3.99. The van der Waals surface area contributed by atoms with Gasteiger partial charge in [-0.1, -0.05) is 50.6 Å². The smallest absolute Gasteiger partial charge is 0.340 e. The highest BCUT2D eigenvalue weighted by atomic mass is 16.5. The summed E-state index contributed by atoms with van der Waals surface area (Å²) in [7, 11) is 0. The van der Waals surface area contributed by atoms with Crippen molar-refractivity contribution in [1.29, 1.82) is 0 Å². The average Bonchev–Trinajstić information content (AvgIpc) is 2.80. The lowest BCUT2D eigenvalue weighted by Gasteiger charge is -2.20. The lowest BCUT2D eigenvalue weighted by atomic mass is 9.98. The normalized spacial score (nSPS) is 12.8. The van der Waals surface area contributed by atoms with Crippen molar-refractivity contribution < 1.29 is 23.8 Å². The second-order valence-electron chi connectivity index (χ2n) is 8.28. The van der Waals surface area contributed by atoms with E-state index < -0.39 is 23.5 Å². The van der Waals surface area contributed by atoms with Crippen LogP contribution >= 0.6 is 0 Å². The van der Waals surface area contributed by atoms with Crippen LogP contribution in [0.1, 0.15) is 42.5 Å². The fourth-order valence-corrected chi connectivity index (χ4v) is 3.77. The van der Waals surface area contributed by atoms with E-state index in [1.54, 1.807) is 19.9 Å². The molecule has 0 saturated carbocycles. The summed E-state index contributed by atoms with van der Waals surface area (Å²) >= 11 is 0. The van der Waals surface area contributed by atoms with Gasteiger partial charge in [0.2, 0.25) is 0 Å². The average molecular weight is 452 g/mol. The van der Waals surface area contributed by atoms with E-state index in [2.05, 4.69) is 5.32 Å². The summed E-state index contributed by atoms with van der Waals surface area (Å²) in [4.78, 5) is 36.4. The van der Waals surface area contributed by atoms with Crippen molar-refractivity contribution in [1.82, 2.24) is 5.32 Å². The third-order valence-corrected chi connectivity index (χ3v) is 6.03. The molecule has 0 unspecified atom stereocenters. The summed E-state index contributed by atoms with van der Waals surface area (Å²) < 4.78 is 11.3. The molecule has 1 aromatic heterocycles. The predicted molar refractivity (Wildman–Crippen MR) is 126 cm³/mol. The highest BCUT2D eigenvalue weighted by Crippen LogP contribution is 2.30. The molecule has 0 spiro atoms. The largest absolute Gasteiger partial charge is 0.483 e. The molecule has 3 aromatic rings. The van der Waals surface area contributed by atoms with Gasteiger partial charge in [-0.2, -0.15) is 0 Å². The molecule has 3 rings (SSSR count). The lowest BCUT2D eigenvalue weighted by Crippen LogP contribution is -2.46. The van der Waals surface area contributed by atoms with Gasteiger partial charge in [-0.05, 0) is 43.0 Å². The van der Waals surface area contributed by atoms with Gasteiger partial charge in [0, 0.05) is 22.9 Å². The van der Waals surface area contributed by atoms with Gasteiger partial charge < -0.3 is 19.6 Å². The number of hydrogen-bond acceptors (Lipinski definition) is 5. The summed E-state index contributed by atoms with van der Waals surface area (Å²) in [6, 6.07) is 12.3. The Labute approximate surface area is 192 Å². The van der Waals surface area contributed by atoms with Gasteiger partial charge in [-0.25, -0.2) is 9.59 Å². The number of carboxylic acid groups (broad SMARTS) is 1. The second-order valence-corrected chi connectivity index (χ2v) is 8.28. The van der Waals surface area contributed by atoms with E-state index in [0.717, 1.165) is 16.5 Å². The van der Waals surface area contributed by atoms with E-state index in [4.69, 9.17) is 9.15 Å². The zero-order valence-corrected chi connectivity index (χ0v) is 19.3. The Bertz CT molecular complexity index is 1210. The van der Waals surface area contributed by atoms with Gasteiger partial charge in [0.1, 0.15) is 17.4 Å². The molecule has 0 bridgehead atoms. The van der Waals surface area contributed by atoms with Crippen LogP contribution in [0.4, 0.5) is 0 Å². The SMILES string of the molecule is CC[C@H](C)[C@@H](NC(=O)COc1ccc2c(C)c(Cc3ccccc3)c(=O)oc2c1C)C(=O)O. The van der Waals surface area contributed by atoms with Gasteiger partial charge in [0.05, 0.1) is 0 Å². The Morgan fingerprint density at radius 1 is 1.09 bits per heavy atom. The Kier molecular flexibility index (Phi) is 7.53. The van der Waals surface area contributed by atoms with E-state index in [1.165, 1.54) is 0 Å². The van der Waals surface area contributed by atoms with Crippen LogP contribution in [0.25, 0.3) is 11.0 Å². The first-order chi connectivity index (χ1) is 15.7. The van der Waals surface area contributed by atoms with Crippen LogP contribution in [0.3, 0.4) is 0 Å². The van der Waals surface area contributed by atoms with Crippen LogP contribution in [-0.4, -0.2) is 29.6 Å². The molecule has 7 heteroatoms. The number of carbonyl (C=O) groups is 2. The molecule has 0 aliphatic heterocycles. The van der Waals surface area contributed by atoms with E-state index in [-0.39, 0.29) is 12.5 Å². The molecule has 0 fully saturated rings. The number of benzene rings is 2. The maximum Gasteiger partial charge on any atom is 0.340 e. The molecular formula is C26H29NO6. The minimum absolute atomic E-state index is 0.212. The molecule has 7 nitrogen and oxygen atoms in total. The standard InChI is InChI=1S/C26H29NO6/c1-5-15(2)23(25(29)30)27-22(28)14-32-21-12-11-19-16(3)20(13-18-9-7-6-8-10-18)26(31)33-24(19)17(21)4/h6-12,15,23H,5,13-14H2,1-4H3,(H,27,28)(H,29,30)/t15-,23+/m0/s1. The highest BCUT2D eigenvalue weighted by molar-refractivity contribution is 5.87. The number of aliphatic carboxylic acids is 1. The van der Waals surface area contributed by atoms with Crippen LogP contribution in [0, 0.1) is 19.8 Å². The zero-order valence-electron chi connectivity index (χ0n) is 19.3. The molecule has 2 N–H and O–H groups in total. The number of rotatable bonds is 9. The lowest BCUT2D eigenvalue weighted by molar-refractivity contribution is -0.143. The van der Waals surface area contributed by atoms with Crippen molar-refractivity contribution in [3.05, 3.63) is 75.1 Å². The maximum atomic E-state index is 12.7. The number of hydrogen-bond donors (Lipinski definition) is 2. The van der Waals surface area contributed by atoms with Gasteiger partial charge in [-0.15, -0.1) is 0 Å². The summed E-state index contributed by atoms with van der Waals surface area (Å²) in [6.45, 7) is 6.94. The van der Waals surface area contributed by atoms with Crippen LogP contribution in [0.15, 0.2) is 51.7 Å². The van der Waals surface area contributed by atoms with Crippen molar-refractivity contribution in [3.63, 3.8) is 0 Å². The molecule has 1 amide bonds. The fourth-order valence-electron chi connectivity index (χ4n) is 3.77. The first kappa shape index (κ1) is 24.0. The third kappa shape index (κ3) is 5.42. The molecule has 0 radical (unpaired) electrons. The number of fused-ring (bicyclic) bond motifs is 1. The number of nitrogens with one attached hydrogen (secondary N) is 1. The van der Waals surface area contributed by atoms with E-state index in [9.17, 15) is 19.5 Å². The summed E-state index contributed by atoms with van der Waals surface area (Å²) in [5, 5.41) is 12.7. The highest BCUT2D eigenvalue weighted by Gasteiger charge is 2.25. The molecule has 0 saturated heterocycles. The molecule has 0 aliphatic carbocycles. The van der Waals surface area contributed by atoms with Crippen molar-refractivity contribution >= 4 is 22.8 Å². The Morgan fingerprint density at radius 3 is 2.42 bits per heavy atom. The zero-order chi connectivity index (χ0) is 24.1. The van der Waals surface area contributed by atoms with Crippen molar-refractivity contribution in [2.75, 3.05) is 6.61 Å². The topological polar surface area (TPSA) is 106 Å². The van der Waals surface area contributed by atoms with Gasteiger partial charge in [-0.3, -0.25) is 4.79 Å². The molecule has 2 atom stereocenters. The molecule has 0 aliphatic rings. The first-order valence-corrected chi connectivity index (χ1v) is 11.0. The molecule has 174 valence electrons. The summed E-state index contributed by atoms with van der Waals surface area (Å²) in [6.07, 6.45) is 1.09. The van der Waals surface area contributed by atoms with Crippen LogP contribution in [-0.2, 0) is 16.0 Å². The maximum absolute atomic E-state index is 12.7. The van der Waals surface area contributed by atoms with Crippen molar-refractivity contribution in [2.24, 2.45) is 5.92 Å². The van der Waals surface area contributed by atoms with Gasteiger partial charge >= 0.3 is 11.6 Å². The Balaban J connectivity index is 1.81. The quantitative estimate of drug-likeness (QED) is 0.477. The molecular weight excluding hydrogens is 422 g/mol. The number of ether oxygens (including phenoxy) is 1. The first-order valence-electron chi connectivity index (χ1n) is 11.0. The number of carbonyl (C=O) groups excluding carboxylic acids is 1. The second kappa shape index (κ2) is 10.3.